The number of aromatic nitrogens is 2. The molecule has 1 N–H and O–H groups in total. The van der Waals surface area contributed by atoms with Gasteiger partial charge in [0.05, 0.1) is 24.6 Å². The summed E-state index contributed by atoms with van der Waals surface area (Å²) in [4.78, 5) is 32.5. The minimum absolute atomic E-state index is 0.00353. The van der Waals surface area contributed by atoms with Crippen LogP contribution in [0.15, 0.2) is 35.3 Å². The number of amides is 2. The third kappa shape index (κ3) is 4.98. The third-order valence-electron chi connectivity index (χ3n) is 6.34. The maximum absolute atomic E-state index is 13.3. The van der Waals surface area contributed by atoms with Crippen LogP contribution in [-0.2, 0) is 22.6 Å². The standard InChI is InChI=1S/C23H29FN6O2/c1-16(31)28(2)19-7-9-29(10-8-19)23(32)14-30-20(11-17-3-5-18(24)6-4-17)12-21(27-30)22-13-25-15-26-22/h3-6,12,15,19,22H,7-11,13-14H2,1-2H3,(H,25,26)/t22-/m0/s1. The Kier molecular flexibility index (Phi) is 6.53. The van der Waals surface area contributed by atoms with Crippen molar-refractivity contribution in [2.24, 2.45) is 4.99 Å². The molecule has 1 saturated heterocycles. The van der Waals surface area contributed by atoms with Gasteiger partial charge in [0.2, 0.25) is 11.8 Å². The lowest BCUT2D eigenvalue weighted by molar-refractivity contribution is -0.135. The Morgan fingerprint density at radius 2 is 1.94 bits per heavy atom. The van der Waals surface area contributed by atoms with E-state index >= 15 is 0 Å². The zero-order valence-corrected chi connectivity index (χ0v) is 18.5. The lowest BCUT2D eigenvalue weighted by Crippen LogP contribution is -2.47. The van der Waals surface area contributed by atoms with Gasteiger partial charge in [0.1, 0.15) is 12.4 Å². The van der Waals surface area contributed by atoms with Crippen molar-refractivity contribution in [3.63, 3.8) is 0 Å². The fourth-order valence-electron chi connectivity index (χ4n) is 4.26. The molecule has 0 bridgehead atoms. The maximum Gasteiger partial charge on any atom is 0.244 e. The van der Waals surface area contributed by atoms with Crippen molar-refractivity contribution in [2.75, 3.05) is 26.7 Å². The van der Waals surface area contributed by atoms with Gasteiger partial charge in [-0.15, -0.1) is 0 Å². The number of likely N-dealkylation sites (tertiary alicyclic amines) is 1. The molecule has 1 aromatic carbocycles. The molecule has 0 saturated carbocycles. The van der Waals surface area contributed by atoms with E-state index in [4.69, 9.17) is 5.10 Å². The molecule has 8 nitrogen and oxygen atoms in total. The fraction of sp³-hybridized carbons (Fsp3) is 0.478. The Bertz CT molecular complexity index is 986. The summed E-state index contributed by atoms with van der Waals surface area (Å²) >= 11 is 0. The highest BCUT2D eigenvalue weighted by atomic mass is 19.1. The number of nitrogens with zero attached hydrogens (tertiary/aromatic N) is 5. The first-order chi connectivity index (χ1) is 15.4. The van der Waals surface area contributed by atoms with E-state index in [9.17, 15) is 14.0 Å². The van der Waals surface area contributed by atoms with Crippen LogP contribution >= 0.6 is 0 Å². The van der Waals surface area contributed by atoms with Crippen LogP contribution in [0.4, 0.5) is 4.39 Å². The molecular weight excluding hydrogens is 411 g/mol. The van der Waals surface area contributed by atoms with E-state index in [0.717, 1.165) is 29.8 Å². The predicted octanol–water partition coefficient (Wildman–Crippen LogP) is 1.75. The van der Waals surface area contributed by atoms with Crippen molar-refractivity contribution in [3.8, 4) is 0 Å². The van der Waals surface area contributed by atoms with E-state index in [0.29, 0.717) is 26.1 Å². The summed E-state index contributed by atoms with van der Waals surface area (Å²) in [5, 5.41) is 7.89. The van der Waals surface area contributed by atoms with E-state index in [1.165, 1.54) is 12.1 Å². The summed E-state index contributed by atoms with van der Waals surface area (Å²) in [6, 6.07) is 8.55. The Morgan fingerprint density at radius 1 is 1.22 bits per heavy atom. The van der Waals surface area contributed by atoms with Gasteiger partial charge >= 0.3 is 0 Å². The van der Waals surface area contributed by atoms with Crippen molar-refractivity contribution in [1.82, 2.24) is 24.9 Å². The Morgan fingerprint density at radius 3 is 2.56 bits per heavy atom. The van der Waals surface area contributed by atoms with Gasteiger partial charge in [0.15, 0.2) is 0 Å². The summed E-state index contributed by atoms with van der Waals surface area (Å²) in [5.74, 6) is -0.211. The smallest absolute Gasteiger partial charge is 0.244 e. The maximum atomic E-state index is 13.3. The lowest BCUT2D eigenvalue weighted by Gasteiger charge is -2.36. The number of carbonyl (C=O) groups is 2. The van der Waals surface area contributed by atoms with Gasteiger partial charge in [-0.25, -0.2) is 4.39 Å². The minimum Gasteiger partial charge on any atom is -0.366 e. The topological polar surface area (TPSA) is 82.8 Å². The van der Waals surface area contributed by atoms with E-state index in [1.807, 2.05) is 18.0 Å². The SMILES string of the molecule is CC(=O)N(C)C1CCN(C(=O)Cn2nc([C@@H]3CN=CN3)cc2Cc2ccc(F)cc2)CC1. The number of nitrogens with one attached hydrogen (secondary N) is 1. The molecule has 4 rings (SSSR count). The molecule has 1 fully saturated rings. The van der Waals surface area contributed by atoms with Crippen molar-refractivity contribution in [2.45, 2.75) is 44.8 Å². The molecule has 0 spiro atoms. The molecule has 2 aliphatic heterocycles. The molecule has 3 heterocycles. The average molecular weight is 441 g/mol. The zero-order chi connectivity index (χ0) is 22.7. The van der Waals surface area contributed by atoms with Crippen LogP contribution in [0.25, 0.3) is 0 Å². The zero-order valence-electron chi connectivity index (χ0n) is 18.5. The molecule has 0 aliphatic carbocycles. The number of hydrogen-bond acceptors (Lipinski definition) is 5. The van der Waals surface area contributed by atoms with Crippen LogP contribution in [0.3, 0.4) is 0 Å². The molecule has 1 aromatic heterocycles. The first-order valence-electron chi connectivity index (χ1n) is 11.0. The van der Waals surface area contributed by atoms with Crippen molar-refractivity contribution >= 4 is 18.2 Å². The van der Waals surface area contributed by atoms with Crippen LogP contribution in [0, 0.1) is 5.82 Å². The Hall–Kier alpha value is -3.23. The van der Waals surface area contributed by atoms with Crippen LogP contribution in [-0.4, -0.2) is 70.5 Å². The van der Waals surface area contributed by atoms with Crippen molar-refractivity contribution < 1.29 is 14.0 Å². The molecular formula is C23H29FN6O2. The molecule has 32 heavy (non-hydrogen) atoms. The molecule has 0 radical (unpaired) electrons. The van der Waals surface area contributed by atoms with Gasteiger partial charge < -0.3 is 15.1 Å². The molecule has 170 valence electrons. The highest BCUT2D eigenvalue weighted by Gasteiger charge is 2.27. The molecule has 2 amide bonds. The minimum atomic E-state index is -0.274. The normalized spacial score (nSPS) is 18.6. The number of rotatable bonds is 6. The molecule has 0 unspecified atom stereocenters. The molecule has 2 aliphatic rings. The lowest BCUT2D eigenvalue weighted by atomic mass is 10.0. The van der Waals surface area contributed by atoms with Gasteiger partial charge in [0, 0.05) is 45.2 Å². The van der Waals surface area contributed by atoms with E-state index in [1.54, 1.807) is 35.0 Å². The highest BCUT2D eigenvalue weighted by Crippen LogP contribution is 2.20. The molecule has 1 atom stereocenters. The second-order valence-electron chi connectivity index (χ2n) is 8.48. The number of carbonyl (C=O) groups excluding carboxylic acids is 2. The molecule has 2 aromatic rings. The summed E-state index contributed by atoms with van der Waals surface area (Å²) < 4.78 is 15.1. The fourth-order valence-corrected chi connectivity index (χ4v) is 4.26. The monoisotopic (exact) mass is 440 g/mol. The molecule has 9 heteroatoms. The quantitative estimate of drug-likeness (QED) is 0.742. The third-order valence-corrected chi connectivity index (χ3v) is 6.34. The van der Waals surface area contributed by atoms with Gasteiger partial charge in [-0.05, 0) is 36.6 Å². The van der Waals surface area contributed by atoms with Crippen molar-refractivity contribution in [1.29, 1.82) is 0 Å². The van der Waals surface area contributed by atoms with Crippen LogP contribution in [0.2, 0.25) is 0 Å². The van der Waals surface area contributed by atoms with E-state index in [2.05, 4.69) is 10.3 Å². The van der Waals surface area contributed by atoms with Crippen LogP contribution in [0.1, 0.15) is 42.8 Å². The first-order valence-corrected chi connectivity index (χ1v) is 11.0. The van der Waals surface area contributed by atoms with E-state index < -0.39 is 0 Å². The van der Waals surface area contributed by atoms with Gasteiger partial charge in [0.25, 0.3) is 0 Å². The summed E-state index contributed by atoms with van der Waals surface area (Å²) in [7, 11) is 1.82. The Labute approximate surface area is 187 Å². The second kappa shape index (κ2) is 9.50. The van der Waals surface area contributed by atoms with Crippen LogP contribution in [0.5, 0.6) is 0 Å². The largest absolute Gasteiger partial charge is 0.366 e. The second-order valence-corrected chi connectivity index (χ2v) is 8.48. The first kappa shape index (κ1) is 22.0. The number of halogens is 1. The Balaban J connectivity index is 1.46. The summed E-state index contributed by atoms with van der Waals surface area (Å²) in [5.41, 5.74) is 2.70. The van der Waals surface area contributed by atoms with Gasteiger partial charge in [-0.1, -0.05) is 12.1 Å². The van der Waals surface area contributed by atoms with Gasteiger partial charge in [-0.2, -0.15) is 5.10 Å². The predicted molar refractivity (Wildman–Crippen MR) is 119 cm³/mol. The average Bonchev–Trinajstić information content (AvgIpc) is 3.45. The van der Waals surface area contributed by atoms with Crippen molar-refractivity contribution in [3.05, 3.63) is 53.1 Å². The number of hydrogen-bond donors (Lipinski definition) is 1. The number of benzene rings is 1. The summed E-state index contributed by atoms with van der Waals surface area (Å²) in [6.45, 7) is 3.58. The number of piperidine rings is 1. The van der Waals surface area contributed by atoms with Crippen LogP contribution < -0.4 is 5.32 Å². The van der Waals surface area contributed by atoms with Gasteiger partial charge in [-0.3, -0.25) is 19.3 Å². The highest BCUT2D eigenvalue weighted by molar-refractivity contribution is 5.76. The van der Waals surface area contributed by atoms with E-state index in [-0.39, 0.29) is 36.3 Å². The number of aliphatic imine (C=N–C) groups is 1. The summed E-state index contributed by atoms with van der Waals surface area (Å²) in [6.07, 6.45) is 3.78.